The number of carbonyl (C=O) groups excluding carboxylic acids is 3. The van der Waals surface area contributed by atoms with Crippen LogP contribution in [0.3, 0.4) is 0 Å². The number of amides is 3. The lowest BCUT2D eigenvalue weighted by atomic mass is 10.1. The molecule has 0 bridgehead atoms. The van der Waals surface area contributed by atoms with Gasteiger partial charge < -0.3 is 15.1 Å². The first-order valence-electron chi connectivity index (χ1n) is 10.3. The third-order valence-corrected chi connectivity index (χ3v) is 6.94. The number of carbonyl (C=O) groups is 3. The van der Waals surface area contributed by atoms with Crippen LogP contribution in [-0.4, -0.2) is 70.7 Å². The van der Waals surface area contributed by atoms with E-state index >= 15 is 0 Å². The first kappa shape index (κ1) is 21.4. The molecule has 31 heavy (non-hydrogen) atoms. The minimum atomic E-state index is -0.592. The maximum Gasteiger partial charge on any atom is 0.253 e. The first-order chi connectivity index (χ1) is 15.0. The summed E-state index contributed by atoms with van der Waals surface area (Å²) >= 11 is 1.39. The van der Waals surface area contributed by atoms with Gasteiger partial charge in [0.25, 0.3) is 5.91 Å². The smallest absolute Gasteiger partial charge is 0.253 e. The fourth-order valence-electron chi connectivity index (χ4n) is 3.86. The molecule has 0 radical (unpaired) electrons. The molecule has 2 aromatic rings. The maximum atomic E-state index is 13.9. The van der Waals surface area contributed by atoms with Gasteiger partial charge in [0.05, 0.1) is 5.25 Å². The zero-order valence-corrected chi connectivity index (χ0v) is 17.8. The second kappa shape index (κ2) is 9.51. The molecule has 0 aromatic heterocycles. The predicted octanol–water partition coefficient (Wildman–Crippen LogP) is 1.95. The van der Waals surface area contributed by atoms with Gasteiger partial charge in [0, 0.05) is 37.5 Å². The van der Waals surface area contributed by atoms with Gasteiger partial charge >= 0.3 is 0 Å². The largest absolute Gasteiger partial charge is 0.343 e. The average molecular weight is 442 g/mol. The molecular weight excluding hydrogens is 417 g/mol. The number of hydrogen-bond acceptors (Lipinski definition) is 4. The third-order valence-electron chi connectivity index (χ3n) is 5.63. The molecule has 2 saturated heterocycles. The Morgan fingerprint density at radius 3 is 2.29 bits per heavy atom. The van der Waals surface area contributed by atoms with Crippen molar-refractivity contribution >= 4 is 29.5 Å². The van der Waals surface area contributed by atoms with Crippen LogP contribution in [0.25, 0.3) is 0 Å². The molecule has 2 atom stereocenters. The Balaban J connectivity index is 1.29. The van der Waals surface area contributed by atoms with E-state index in [4.69, 9.17) is 0 Å². The van der Waals surface area contributed by atoms with Crippen molar-refractivity contribution in [2.24, 2.45) is 0 Å². The number of rotatable bonds is 4. The summed E-state index contributed by atoms with van der Waals surface area (Å²) in [5, 5.41) is 2.39. The summed E-state index contributed by atoms with van der Waals surface area (Å²) < 4.78 is 13.9. The van der Waals surface area contributed by atoms with Crippen molar-refractivity contribution in [2.75, 3.05) is 31.9 Å². The van der Waals surface area contributed by atoms with Gasteiger partial charge in [-0.3, -0.25) is 14.4 Å². The average Bonchev–Trinajstić information content (AvgIpc) is 2.81. The summed E-state index contributed by atoms with van der Waals surface area (Å²) in [6.45, 7) is 1.80. The summed E-state index contributed by atoms with van der Waals surface area (Å²) in [7, 11) is 0. The standard InChI is InChI=1S/C23H24FN3O3S/c24-18-9-5-4-8-17(18)14-20-21(28)25-19(15-31-20)23(30)27-12-10-26(11-13-27)22(29)16-6-2-1-3-7-16/h1-9,19-20H,10-15H2,(H,25,28)/t19-,20-/m0/s1. The topological polar surface area (TPSA) is 69.7 Å². The van der Waals surface area contributed by atoms with E-state index in [9.17, 15) is 18.8 Å². The minimum absolute atomic E-state index is 0.0368. The van der Waals surface area contributed by atoms with E-state index in [-0.39, 0.29) is 23.5 Å². The molecule has 2 heterocycles. The van der Waals surface area contributed by atoms with Crippen LogP contribution in [-0.2, 0) is 16.0 Å². The Labute approximate surface area is 184 Å². The summed E-state index contributed by atoms with van der Waals surface area (Å²) in [4.78, 5) is 41.4. The maximum absolute atomic E-state index is 13.9. The van der Waals surface area contributed by atoms with Crippen LogP contribution in [0.15, 0.2) is 54.6 Å². The van der Waals surface area contributed by atoms with Crippen molar-refractivity contribution in [1.82, 2.24) is 15.1 Å². The number of nitrogens with zero attached hydrogens (tertiary/aromatic N) is 2. The van der Waals surface area contributed by atoms with E-state index in [0.717, 1.165) is 0 Å². The van der Waals surface area contributed by atoms with Gasteiger partial charge in [0.15, 0.2) is 0 Å². The molecule has 1 N–H and O–H groups in total. The van der Waals surface area contributed by atoms with Gasteiger partial charge in [0.1, 0.15) is 11.9 Å². The highest BCUT2D eigenvalue weighted by Gasteiger charge is 2.36. The van der Waals surface area contributed by atoms with E-state index in [1.807, 2.05) is 18.2 Å². The number of piperazine rings is 1. The van der Waals surface area contributed by atoms with Crippen molar-refractivity contribution in [3.63, 3.8) is 0 Å². The molecule has 4 rings (SSSR count). The lowest BCUT2D eigenvalue weighted by Gasteiger charge is -2.38. The minimum Gasteiger partial charge on any atom is -0.343 e. The fourth-order valence-corrected chi connectivity index (χ4v) is 5.02. The Kier molecular flexibility index (Phi) is 6.56. The molecule has 2 aromatic carbocycles. The van der Waals surface area contributed by atoms with Crippen molar-refractivity contribution in [3.05, 3.63) is 71.5 Å². The second-order valence-corrected chi connectivity index (χ2v) is 8.90. The van der Waals surface area contributed by atoms with E-state index < -0.39 is 11.3 Å². The molecule has 2 aliphatic rings. The molecule has 8 heteroatoms. The Morgan fingerprint density at radius 2 is 1.61 bits per heavy atom. The number of halogens is 1. The third kappa shape index (κ3) is 4.90. The van der Waals surface area contributed by atoms with Crippen LogP contribution in [0.5, 0.6) is 0 Å². The molecule has 2 aliphatic heterocycles. The van der Waals surface area contributed by atoms with Crippen molar-refractivity contribution in [2.45, 2.75) is 17.7 Å². The molecule has 6 nitrogen and oxygen atoms in total. The van der Waals surface area contributed by atoms with Crippen LogP contribution in [0, 0.1) is 5.82 Å². The zero-order chi connectivity index (χ0) is 21.8. The van der Waals surface area contributed by atoms with Crippen LogP contribution in [0.4, 0.5) is 4.39 Å². The Hall–Kier alpha value is -2.87. The SMILES string of the molecule is O=C1N[C@H](C(=O)N2CCN(C(=O)c3ccccc3)CC2)CS[C@H]1Cc1ccccc1F. The highest BCUT2D eigenvalue weighted by Crippen LogP contribution is 2.24. The summed E-state index contributed by atoms with van der Waals surface area (Å²) in [5.41, 5.74) is 1.14. The predicted molar refractivity (Wildman–Crippen MR) is 117 cm³/mol. The summed E-state index contributed by atoms with van der Waals surface area (Å²) in [5.74, 6) is -0.276. The number of benzene rings is 2. The second-order valence-electron chi connectivity index (χ2n) is 7.66. The zero-order valence-electron chi connectivity index (χ0n) is 17.0. The normalized spacial score (nSPS) is 21.5. The lowest BCUT2D eigenvalue weighted by Crippen LogP contribution is -2.59. The Morgan fingerprint density at radius 1 is 0.968 bits per heavy atom. The van der Waals surface area contributed by atoms with Crippen molar-refractivity contribution < 1.29 is 18.8 Å². The first-order valence-corrected chi connectivity index (χ1v) is 11.4. The molecule has 3 amide bonds. The van der Waals surface area contributed by atoms with Crippen LogP contribution >= 0.6 is 11.8 Å². The molecule has 0 saturated carbocycles. The van der Waals surface area contributed by atoms with Crippen molar-refractivity contribution in [1.29, 1.82) is 0 Å². The van der Waals surface area contributed by atoms with Gasteiger partial charge in [-0.2, -0.15) is 0 Å². The molecular formula is C23H24FN3O3S. The van der Waals surface area contributed by atoms with Crippen LogP contribution < -0.4 is 5.32 Å². The number of hydrogen-bond donors (Lipinski definition) is 1. The van der Waals surface area contributed by atoms with E-state index in [1.165, 1.54) is 17.8 Å². The van der Waals surface area contributed by atoms with Gasteiger partial charge in [-0.05, 0) is 30.2 Å². The molecule has 0 unspecified atom stereocenters. The van der Waals surface area contributed by atoms with Crippen LogP contribution in [0.1, 0.15) is 15.9 Å². The number of nitrogens with one attached hydrogen (secondary N) is 1. The van der Waals surface area contributed by atoms with E-state index in [0.29, 0.717) is 49.5 Å². The number of thioether (sulfide) groups is 1. The highest BCUT2D eigenvalue weighted by molar-refractivity contribution is 8.00. The van der Waals surface area contributed by atoms with Gasteiger partial charge in [-0.15, -0.1) is 11.8 Å². The molecule has 162 valence electrons. The van der Waals surface area contributed by atoms with Gasteiger partial charge in [0.2, 0.25) is 11.8 Å². The quantitative estimate of drug-likeness (QED) is 0.788. The summed E-state index contributed by atoms with van der Waals surface area (Å²) in [6.07, 6.45) is 0.296. The summed E-state index contributed by atoms with van der Waals surface area (Å²) in [6, 6.07) is 14.9. The highest BCUT2D eigenvalue weighted by atomic mass is 32.2. The van der Waals surface area contributed by atoms with Crippen molar-refractivity contribution in [3.8, 4) is 0 Å². The fraction of sp³-hybridized carbons (Fsp3) is 0.348. The lowest BCUT2D eigenvalue weighted by molar-refractivity contribution is -0.137. The van der Waals surface area contributed by atoms with Crippen LogP contribution in [0.2, 0.25) is 0 Å². The van der Waals surface area contributed by atoms with Gasteiger partial charge in [-0.25, -0.2) is 4.39 Å². The molecule has 0 aliphatic carbocycles. The van der Waals surface area contributed by atoms with E-state index in [1.54, 1.807) is 40.1 Å². The molecule has 2 fully saturated rings. The van der Waals surface area contributed by atoms with E-state index in [2.05, 4.69) is 5.32 Å². The Bertz CT molecular complexity index is 964. The van der Waals surface area contributed by atoms with Gasteiger partial charge in [-0.1, -0.05) is 36.4 Å². The molecule has 0 spiro atoms. The monoisotopic (exact) mass is 441 g/mol.